The van der Waals surface area contributed by atoms with Crippen LogP contribution in [0.4, 0.5) is 5.69 Å². The molecule has 0 atom stereocenters. The molecule has 8 nitrogen and oxygen atoms in total. The van der Waals surface area contributed by atoms with Crippen LogP contribution in [0.2, 0.25) is 0 Å². The Morgan fingerprint density at radius 3 is 2.32 bits per heavy atom. The molecule has 0 bridgehead atoms. The fraction of sp³-hybridized carbons (Fsp3) is 0.318. The summed E-state index contributed by atoms with van der Waals surface area (Å²) in [5.74, 6) is -1.35. The number of fused-ring (bicyclic) bond motifs is 1. The van der Waals surface area contributed by atoms with E-state index in [1.54, 1.807) is 18.2 Å². The third-order valence-electron chi connectivity index (χ3n) is 5.77. The van der Waals surface area contributed by atoms with E-state index in [2.05, 4.69) is 5.32 Å². The Bertz CT molecular complexity index is 1140. The predicted molar refractivity (Wildman–Crippen MR) is 115 cm³/mol. The van der Waals surface area contributed by atoms with Crippen LogP contribution < -0.4 is 5.32 Å². The van der Waals surface area contributed by atoms with Crippen molar-refractivity contribution in [3.05, 3.63) is 65.2 Å². The molecule has 0 spiro atoms. The number of hydrogen-bond acceptors (Lipinski definition) is 5. The summed E-state index contributed by atoms with van der Waals surface area (Å²) in [6.45, 7) is 0.574. The molecule has 2 heterocycles. The smallest absolute Gasteiger partial charge is 0.261 e. The number of anilines is 1. The van der Waals surface area contributed by atoms with E-state index in [0.717, 1.165) is 10.5 Å². The first-order valence-corrected chi connectivity index (χ1v) is 11.7. The largest absolute Gasteiger partial charge is 0.326 e. The van der Waals surface area contributed by atoms with Crippen molar-refractivity contribution in [3.63, 3.8) is 0 Å². The van der Waals surface area contributed by atoms with Gasteiger partial charge in [-0.15, -0.1) is 0 Å². The number of benzene rings is 2. The normalized spacial score (nSPS) is 17.6. The van der Waals surface area contributed by atoms with Crippen LogP contribution in [0.3, 0.4) is 0 Å². The first-order chi connectivity index (χ1) is 14.8. The van der Waals surface area contributed by atoms with Gasteiger partial charge in [-0.1, -0.05) is 30.3 Å². The van der Waals surface area contributed by atoms with Crippen LogP contribution in [-0.4, -0.2) is 55.5 Å². The maximum absolute atomic E-state index is 12.7. The lowest BCUT2D eigenvalue weighted by molar-refractivity contribution is -0.120. The van der Waals surface area contributed by atoms with Gasteiger partial charge in [0.2, 0.25) is 15.9 Å². The minimum Gasteiger partial charge on any atom is -0.326 e. The average Bonchev–Trinajstić information content (AvgIpc) is 2.98. The van der Waals surface area contributed by atoms with Crippen molar-refractivity contribution in [1.29, 1.82) is 0 Å². The van der Waals surface area contributed by atoms with E-state index >= 15 is 0 Å². The molecule has 2 aromatic carbocycles. The quantitative estimate of drug-likeness (QED) is 0.716. The first kappa shape index (κ1) is 21.2. The Hall–Kier alpha value is -3.04. The van der Waals surface area contributed by atoms with E-state index in [1.165, 1.54) is 23.5 Å². The summed E-state index contributed by atoms with van der Waals surface area (Å²) in [7, 11) is -2.02. The minimum atomic E-state index is -3.44. The molecular weight excluding hydrogens is 418 g/mol. The number of amides is 3. The molecule has 1 saturated heterocycles. The zero-order chi connectivity index (χ0) is 22.2. The molecule has 0 unspecified atom stereocenters. The van der Waals surface area contributed by atoms with Gasteiger partial charge in [-0.05, 0) is 36.6 Å². The molecule has 3 amide bonds. The van der Waals surface area contributed by atoms with Crippen LogP contribution in [0.5, 0.6) is 0 Å². The predicted octanol–water partition coefficient (Wildman–Crippen LogP) is 2.09. The number of rotatable bonds is 5. The highest BCUT2D eigenvalue weighted by atomic mass is 32.2. The fourth-order valence-electron chi connectivity index (χ4n) is 3.96. The summed E-state index contributed by atoms with van der Waals surface area (Å²) in [6.07, 6.45) is 0.843. The summed E-state index contributed by atoms with van der Waals surface area (Å²) in [5.41, 5.74) is 1.77. The maximum atomic E-state index is 12.7. The number of carbonyl (C=O) groups excluding carboxylic acids is 3. The third kappa shape index (κ3) is 4.24. The number of piperidine rings is 1. The highest BCUT2D eigenvalue weighted by molar-refractivity contribution is 7.88. The SMILES string of the molecule is CN1C(=O)c2ccc(NC(=O)C3CCN(S(=O)(=O)Cc4ccccc4)CC3)cc2C1=O. The van der Waals surface area contributed by atoms with E-state index in [4.69, 9.17) is 0 Å². The van der Waals surface area contributed by atoms with Crippen LogP contribution in [0.1, 0.15) is 39.1 Å². The topological polar surface area (TPSA) is 104 Å². The molecule has 2 aromatic rings. The van der Waals surface area contributed by atoms with Gasteiger partial charge in [0.05, 0.1) is 16.9 Å². The number of nitrogens with one attached hydrogen (secondary N) is 1. The van der Waals surface area contributed by atoms with Gasteiger partial charge in [0.25, 0.3) is 11.8 Å². The van der Waals surface area contributed by atoms with Gasteiger partial charge < -0.3 is 5.32 Å². The number of carbonyl (C=O) groups is 3. The molecule has 1 N–H and O–H groups in total. The highest BCUT2D eigenvalue weighted by Gasteiger charge is 2.34. The monoisotopic (exact) mass is 441 g/mol. The van der Waals surface area contributed by atoms with Crippen molar-refractivity contribution in [2.45, 2.75) is 18.6 Å². The van der Waals surface area contributed by atoms with Gasteiger partial charge in [-0.25, -0.2) is 12.7 Å². The number of hydrogen-bond donors (Lipinski definition) is 1. The van der Waals surface area contributed by atoms with E-state index in [1.807, 2.05) is 18.2 Å². The van der Waals surface area contributed by atoms with Gasteiger partial charge in [-0.2, -0.15) is 0 Å². The second-order valence-corrected chi connectivity index (χ2v) is 9.80. The molecule has 0 saturated carbocycles. The lowest BCUT2D eigenvalue weighted by Crippen LogP contribution is -2.41. The van der Waals surface area contributed by atoms with Gasteiger partial charge in [-0.3, -0.25) is 19.3 Å². The number of nitrogens with zero attached hydrogens (tertiary/aromatic N) is 2. The van der Waals surface area contributed by atoms with Crippen LogP contribution in [-0.2, 0) is 20.6 Å². The number of sulfonamides is 1. The molecule has 2 aliphatic heterocycles. The fourth-order valence-corrected chi connectivity index (χ4v) is 5.52. The third-order valence-corrected chi connectivity index (χ3v) is 7.62. The van der Waals surface area contributed by atoms with Crippen molar-refractivity contribution in [3.8, 4) is 0 Å². The van der Waals surface area contributed by atoms with Gasteiger partial charge >= 0.3 is 0 Å². The molecular formula is C22H23N3O5S. The molecule has 1 fully saturated rings. The van der Waals surface area contributed by atoms with Crippen molar-refractivity contribution in [2.75, 3.05) is 25.5 Å². The highest BCUT2D eigenvalue weighted by Crippen LogP contribution is 2.27. The Morgan fingerprint density at radius 1 is 1.00 bits per heavy atom. The first-order valence-electron chi connectivity index (χ1n) is 10.1. The summed E-state index contributed by atoms with van der Waals surface area (Å²) in [6, 6.07) is 13.7. The van der Waals surface area contributed by atoms with Crippen LogP contribution >= 0.6 is 0 Å². The molecule has 162 valence electrons. The zero-order valence-electron chi connectivity index (χ0n) is 17.1. The Morgan fingerprint density at radius 2 is 1.65 bits per heavy atom. The number of imide groups is 1. The summed E-state index contributed by atoms with van der Waals surface area (Å²) < 4.78 is 26.8. The van der Waals surface area contributed by atoms with E-state index in [9.17, 15) is 22.8 Å². The zero-order valence-corrected chi connectivity index (χ0v) is 17.9. The molecule has 2 aliphatic rings. The van der Waals surface area contributed by atoms with Crippen molar-refractivity contribution in [1.82, 2.24) is 9.21 Å². The standard InChI is InChI=1S/C22H23N3O5S/c1-24-21(27)18-8-7-17(13-19(18)22(24)28)23-20(26)16-9-11-25(12-10-16)31(29,30)14-15-5-3-2-4-6-15/h2-8,13,16H,9-12,14H2,1H3,(H,23,26). The Balaban J connectivity index is 1.36. The molecule has 0 aromatic heterocycles. The van der Waals surface area contributed by atoms with Crippen molar-refractivity contribution >= 4 is 33.4 Å². The van der Waals surface area contributed by atoms with Crippen molar-refractivity contribution < 1.29 is 22.8 Å². The van der Waals surface area contributed by atoms with Crippen molar-refractivity contribution in [2.24, 2.45) is 5.92 Å². The molecule has 4 rings (SSSR count). The van der Waals surface area contributed by atoms with Gasteiger partial charge in [0.1, 0.15) is 0 Å². The van der Waals surface area contributed by atoms with E-state index in [-0.39, 0.29) is 42.1 Å². The Kier molecular flexibility index (Phi) is 5.63. The lowest BCUT2D eigenvalue weighted by atomic mass is 9.97. The minimum absolute atomic E-state index is 0.0545. The second-order valence-electron chi connectivity index (χ2n) is 7.83. The summed E-state index contributed by atoms with van der Waals surface area (Å²) in [4.78, 5) is 37.8. The summed E-state index contributed by atoms with van der Waals surface area (Å²) in [5, 5.41) is 2.80. The van der Waals surface area contributed by atoms with Crippen LogP contribution in [0.25, 0.3) is 0 Å². The van der Waals surface area contributed by atoms with E-state index in [0.29, 0.717) is 24.1 Å². The molecule has 9 heteroatoms. The summed E-state index contributed by atoms with van der Waals surface area (Å²) >= 11 is 0. The van der Waals surface area contributed by atoms with Gasteiger partial charge in [0.15, 0.2) is 0 Å². The van der Waals surface area contributed by atoms with Gasteiger partial charge in [0, 0.05) is 31.7 Å². The lowest BCUT2D eigenvalue weighted by Gasteiger charge is -2.30. The van der Waals surface area contributed by atoms with Crippen LogP contribution in [0.15, 0.2) is 48.5 Å². The molecule has 0 aliphatic carbocycles. The molecule has 31 heavy (non-hydrogen) atoms. The van der Waals surface area contributed by atoms with E-state index < -0.39 is 15.9 Å². The second kappa shape index (κ2) is 8.24. The maximum Gasteiger partial charge on any atom is 0.261 e. The van der Waals surface area contributed by atoms with Crippen LogP contribution in [0, 0.1) is 5.92 Å². The molecule has 0 radical (unpaired) electrons. The Labute approximate surface area is 180 Å². The average molecular weight is 442 g/mol.